The van der Waals surface area contributed by atoms with E-state index < -0.39 is 0 Å². The van der Waals surface area contributed by atoms with Crippen LogP contribution in [0, 0.1) is 0 Å². The first kappa shape index (κ1) is 18.2. The highest BCUT2D eigenvalue weighted by molar-refractivity contribution is 5.75. The molecule has 8 nitrogen and oxygen atoms in total. The summed E-state index contributed by atoms with van der Waals surface area (Å²) in [5.74, 6) is 0.462. The highest BCUT2D eigenvalue weighted by Gasteiger charge is 2.19. The third kappa shape index (κ3) is 3.90. The van der Waals surface area contributed by atoms with Crippen molar-refractivity contribution in [2.75, 3.05) is 18.0 Å². The number of nitrogens with one attached hydrogen (secondary N) is 1. The Morgan fingerprint density at radius 2 is 1.82 bits per heavy atom. The summed E-state index contributed by atoms with van der Waals surface area (Å²) in [6.45, 7) is 2.12. The fourth-order valence-electron chi connectivity index (χ4n) is 3.53. The Bertz CT molecular complexity index is 1000. The van der Waals surface area contributed by atoms with Gasteiger partial charge in [-0.2, -0.15) is 0 Å². The SMILES string of the molecule is O=C(Cn1nc2c(N3CCCCCC3)nccn2c1=O)NCc1ccccc1. The van der Waals surface area contributed by atoms with E-state index in [0.717, 1.165) is 31.5 Å². The van der Waals surface area contributed by atoms with E-state index in [-0.39, 0.29) is 18.1 Å². The van der Waals surface area contributed by atoms with Crippen molar-refractivity contribution in [1.82, 2.24) is 24.5 Å². The van der Waals surface area contributed by atoms with E-state index in [2.05, 4.69) is 20.3 Å². The van der Waals surface area contributed by atoms with Gasteiger partial charge in [0, 0.05) is 32.0 Å². The van der Waals surface area contributed by atoms with E-state index in [4.69, 9.17) is 0 Å². The smallest absolute Gasteiger partial charge is 0.350 e. The molecule has 0 unspecified atom stereocenters. The van der Waals surface area contributed by atoms with Gasteiger partial charge in [0.15, 0.2) is 5.82 Å². The van der Waals surface area contributed by atoms with E-state index in [1.807, 2.05) is 30.3 Å². The zero-order chi connectivity index (χ0) is 19.3. The lowest BCUT2D eigenvalue weighted by Crippen LogP contribution is -2.32. The van der Waals surface area contributed by atoms with E-state index >= 15 is 0 Å². The predicted octanol–water partition coefficient (Wildman–Crippen LogP) is 1.59. The largest absolute Gasteiger partial charge is 0.353 e. The molecule has 1 aliphatic heterocycles. The van der Waals surface area contributed by atoms with Crippen LogP contribution in [0.15, 0.2) is 47.5 Å². The maximum absolute atomic E-state index is 12.7. The minimum atomic E-state index is -0.330. The molecule has 28 heavy (non-hydrogen) atoms. The van der Waals surface area contributed by atoms with Crippen LogP contribution < -0.4 is 15.9 Å². The van der Waals surface area contributed by atoms with Crippen LogP contribution in [0.2, 0.25) is 0 Å². The Hall–Kier alpha value is -3.16. The lowest BCUT2D eigenvalue weighted by Gasteiger charge is -2.20. The number of hydrogen-bond acceptors (Lipinski definition) is 5. The fraction of sp³-hybridized carbons (Fsp3) is 0.400. The molecule has 0 saturated carbocycles. The van der Waals surface area contributed by atoms with E-state index in [0.29, 0.717) is 18.0 Å². The monoisotopic (exact) mass is 380 g/mol. The Balaban J connectivity index is 1.53. The summed E-state index contributed by atoms with van der Waals surface area (Å²) < 4.78 is 2.68. The summed E-state index contributed by atoms with van der Waals surface area (Å²) in [7, 11) is 0. The molecule has 1 fully saturated rings. The van der Waals surface area contributed by atoms with E-state index in [1.165, 1.54) is 21.9 Å². The molecular formula is C20H24N6O2. The van der Waals surface area contributed by atoms with Crippen LogP contribution >= 0.6 is 0 Å². The zero-order valence-corrected chi connectivity index (χ0v) is 15.8. The number of fused-ring (bicyclic) bond motifs is 1. The van der Waals surface area contributed by atoms with Gasteiger partial charge < -0.3 is 10.2 Å². The Labute approximate surface area is 162 Å². The van der Waals surface area contributed by atoms with Gasteiger partial charge in [-0.1, -0.05) is 43.2 Å². The third-order valence-corrected chi connectivity index (χ3v) is 5.01. The molecule has 0 aliphatic carbocycles. The van der Waals surface area contributed by atoms with Crippen LogP contribution in [-0.2, 0) is 17.9 Å². The second-order valence-corrected chi connectivity index (χ2v) is 7.05. The van der Waals surface area contributed by atoms with Crippen LogP contribution in [0.5, 0.6) is 0 Å². The summed E-state index contributed by atoms with van der Waals surface area (Å²) in [5, 5.41) is 7.25. The maximum atomic E-state index is 12.7. The van der Waals surface area contributed by atoms with Gasteiger partial charge in [0.05, 0.1) is 0 Å². The first-order chi connectivity index (χ1) is 13.7. The average Bonchev–Trinajstić information content (AvgIpc) is 2.90. The van der Waals surface area contributed by atoms with Gasteiger partial charge in [-0.15, -0.1) is 5.10 Å². The van der Waals surface area contributed by atoms with Crippen LogP contribution in [0.4, 0.5) is 5.82 Å². The van der Waals surface area contributed by atoms with Crippen molar-refractivity contribution in [1.29, 1.82) is 0 Å². The van der Waals surface area contributed by atoms with Crippen molar-refractivity contribution in [3.8, 4) is 0 Å². The molecule has 1 N–H and O–H groups in total. The molecular weight excluding hydrogens is 356 g/mol. The summed E-state index contributed by atoms with van der Waals surface area (Å²) >= 11 is 0. The molecule has 3 heterocycles. The lowest BCUT2D eigenvalue weighted by atomic mass is 10.2. The van der Waals surface area contributed by atoms with Crippen LogP contribution in [0.25, 0.3) is 5.65 Å². The van der Waals surface area contributed by atoms with Crippen LogP contribution in [-0.4, -0.2) is 38.2 Å². The molecule has 1 aromatic carbocycles. The fourth-order valence-corrected chi connectivity index (χ4v) is 3.53. The number of amides is 1. The first-order valence-corrected chi connectivity index (χ1v) is 9.72. The number of rotatable bonds is 5. The van der Waals surface area contributed by atoms with Gasteiger partial charge in [-0.3, -0.25) is 4.79 Å². The van der Waals surface area contributed by atoms with E-state index in [1.54, 1.807) is 12.4 Å². The first-order valence-electron chi connectivity index (χ1n) is 9.72. The highest BCUT2D eigenvalue weighted by Crippen LogP contribution is 2.20. The number of nitrogens with zero attached hydrogens (tertiary/aromatic N) is 5. The van der Waals surface area contributed by atoms with Gasteiger partial charge in [-0.05, 0) is 18.4 Å². The summed E-state index contributed by atoms with van der Waals surface area (Å²) in [6.07, 6.45) is 7.86. The van der Waals surface area contributed by atoms with Crippen molar-refractivity contribution in [2.24, 2.45) is 0 Å². The summed E-state index contributed by atoms with van der Waals surface area (Å²) in [4.78, 5) is 31.6. The molecule has 3 aromatic rings. The molecule has 0 bridgehead atoms. The number of carbonyl (C=O) groups is 1. The van der Waals surface area contributed by atoms with Crippen LogP contribution in [0.3, 0.4) is 0 Å². The number of anilines is 1. The Morgan fingerprint density at radius 1 is 1.07 bits per heavy atom. The second kappa shape index (κ2) is 8.24. The second-order valence-electron chi connectivity index (χ2n) is 7.05. The topological polar surface area (TPSA) is 84.5 Å². The molecule has 0 radical (unpaired) electrons. The van der Waals surface area contributed by atoms with Crippen molar-refractivity contribution in [3.63, 3.8) is 0 Å². The number of carbonyl (C=O) groups excluding carboxylic acids is 1. The quantitative estimate of drug-likeness (QED) is 0.727. The number of hydrogen-bond donors (Lipinski definition) is 1. The molecule has 146 valence electrons. The van der Waals surface area contributed by atoms with Crippen LogP contribution in [0.1, 0.15) is 31.2 Å². The third-order valence-electron chi connectivity index (χ3n) is 5.01. The lowest BCUT2D eigenvalue weighted by molar-refractivity contribution is -0.122. The predicted molar refractivity (Wildman–Crippen MR) is 106 cm³/mol. The Kier molecular flexibility index (Phi) is 5.36. The normalized spacial score (nSPS) is 14.8. The summed E-state index contributed by atoms with van der Waals surface area (Å²) in [6, 6.07) is 9.65. The molecule has 1 amide bonds. The molecule has 4 rings (SSSR count). The van der Waals surface area contributed by atoms with E-state index in [9.17, 15) is 9.59 Å². The molecule has 1 aliphatic rings. The number of aromatic nitrogens is 4. The minimum Gasteiger partial charge on any atom is -0.353 e. The van der Waals surface area contributed by atoms with Gasteiger partial charge in [-0.25, -0.2) is 18.9 Å². The summed E-state index contributed by atoms with van der Waals surface area (Å²) in [5.41, 5.74) is 1.18. The Morgan fingerprint density at radius 3 is 2.57 bits per heavy atom. The van der Waals surface area contributed by atoms with Gasteiger partial charge in [0.2, 0.25) is 11.6 Å². The van der Waals surface area contributed by atoms with Crippen molar-refractivity contribution < 1.29 is 4.79 Å². The van der Waals surface area contributed by atoms with Crippen molar-refractivity contribution >= 4 is 17.4 Å². The molecule has 2 aromatic heterocycles. The van der Waals surface area contributed by atoms with Gasteiger partial charge in [0.25, 0.3) is 0 Å². The number of benzene rings is 1. The molecule has 8 heteroatoms. The van der Waals surface area contributed by atoms with Crippen molar-refractivity contribution in [2.45, 2.75) is 38.8 Å². The van der Waals surface area contributed by atoms with Gasteiger partial charge >= 0.3 is 5.69 Å². The molecule has 0 atom stereocenters. The average molecular weight is 380 g/mol. The van der Waals surface area contributed by atoms with Gasteiger partial charge in [0.1, 0.15) is 6.54 Å². The van der Waals surface area contributed by atoms with Crippen molar-refractivity contribution in [3.05, 3.63) is 58.8 Å². The molecule has 1 saturated heterocycles. The standard InChI is InChI=1S/C20H24N6O2/c27-17(22-14-16-8-4-3-5-9-16)15-26-20(28)25-13-10-21-18(19(25)23-26)24-11-6-1-2-7-12-24/h3-5,8-10,13H,1-2,6-7,11-12,14-15H2,(H,22,27). The highest BCUT2D eigenvalue weighted by atomic mass is 16.2. The minimum absolute atomic E-state index is 0.118. The molecule has 0 spiro atoms. The zero-order valence-electron chi connectivity index (χ0n) is 15.8. The maximum Gasteiger partial charge on any atom is 0.350 e.